The number of aromatic nitrogens is 2. The molecule has 1 aliphatic rings. The number of anilines is 2. The van der Waals surface area contributed by atoms with Crippen molar-refractivity contribution in [3.05, 3.63) is 42.4 Å². The van der Waals surface area contributed by atoms with Crippen molar-refractivity contribution in [3.63, 3.8) is 0 Å². The first kappa shape index (κ1) is 15.6. The lowest BCUT2D eigenvalue weighted by molar-refractivity contribution is 0.275. The Morgan fingerprint density at radius 2 is 1.83 bits per heavy atom. The molecular formula is C17H23N5O. The van der Waals surface area contributed by atoms with Gasteiger partial charge in [0, 0.05) is 38.1 Å². The van der Waals surface area contributed by atoms with Crippen LogP contribution in [-0.2, 0) is 0 Å². The van der Waals surface area contributed by atoms with E-state index in [1.807, 2.05) is 25.1 Å². The van der Waals surface area contributed by atoms with Crippen LogP contribution in [0.25, 0.3) is 0 Å². The van der Waals surface area contributed by atoms with E-state index in [1.165, 1.54) is 5.69 Å². The maximum Gasteiger partial charge on any atom is 0.130 e. The van der Waals surface area contributed by atoms with Gasteiger partial charge in [0.25, 0.3) is 0 Å². The van der Waals surface area contributed by atoms with E-state index in [-0.39, 0.29) is 0 Å². The van der Waals surface area contributed by atoms with Crippen LogP contribution >= 0.6 is 0 Å². The number of piperazine rings is 1. The number of methoxy groups -OCH3 is 1. The molecule has 23 heavy (non-hydrogen) atoms. The maximum atomic E-state index is 5.21. The van der Waals surface area contributed by atoms with Gasteiger partial charge in [-0.05, 0) is 37.3 Å². The first-order valence-corrected chi connectivity index (χ1v) is 7.89. The molecule has 1 N–H and O–H groups in total. The summed E-state index contributed by atoms with van der Waals surface area (Å²) in [6.07, 6.45) is 1.78. The predicted octanol–water partition coefficient (Wildman–Crippen LogP) is 1.99. The molecule has 2 aromatic rings. The molecule has 0 unspecified atom stereocenters. The number of ether oxygens (including phenoxy) is 1. The van der Waals surface area contributed by atoms with Crippen LogP contribution in [0.4, 0.5) is 11.5 Å². The molecule has 6 heteroatoms. The summed E-state index contributed by atoms with van der Waals surface area (Å²) in [5.74, 6) is 2.58. The highest BCUT2D eigenvalue weighted by Crippen LogP contribution is 2.20. The molecule has 1 aliphatic heterocycles. The molecule has 6 nitrogen and oxygen atoms in total. The van der Waals surface area contributed by atoms with Gasteiger partial charge in [-0.25, -0.2) is 9.97 Å². The SMILES string of the molecule is COc1ccc(N2CCN(CNc3ccnc(C)n3)CC2)cc1. The highest BCUT2D eigenvalue weighted by atomic mass is 16.5. The first-order chi connectivity index (χ1) is 11.2. The summed E-state index contributed by atoms with van der Waals surface area (Å²) in [5.41, 5.74) is 1.25. The third-order valence-electron chi connectivity index (χ3n) is 4.07. The second-order valence-electron chi connectivity index (χ2n) is 5.63. The van der Waals surface area contributed by atoms with E-state index in [2.05, 4.69) is 37.2 Å². The number of aryl methyl sites for hydroxylation is 1. The molecule has 0 atom stereocenters. The molecule has 0 bridgehead atoms. The van der Waals surface area contributed by atoms with E-state index < -0.39 is 0 Å². The van der Waals surface area contributed by atoms with Gasteiger partial charge >= 0.3 is 0 Å². The third-order valence-corrected chi connectivity index (χ3v) is 4.07. The molecule has 0 amide bonds. The normalized spacial score (nSPS) is 15.5. The molecule has 0 saturated carbocycles. The minimum Gasteiger partial charge on any atom is -0.497 e. The molecule has 3 rings (SSSR count). The Hall–Kier alpha value is -2.34. The summed E-state index contributed by atoms with van der Waals surface area (Å²) in [6.45, 7) is 6.82. The third kappa shape index (κ3) is 4.10. The second-order valence-corrected chi connectivity index (χ2v) is 5.63. The van der Waals surface area contributed by atoms with Crippen LogP contribution in [0.15, 0.2) is 36.5 Å². The van der Waals surface area contributed by atoms with Crippen molar-refractivity contribution in [1.82, 2.24) is 14.9 Å². The van der Waals surface area contributed by atoms with E-state index in [1.54, 1.807) is 13.3 Å². The average Bonchev–Trinajstić information content (AvgIpc) is 2.61. The van der Waals surface area contributed by atoms with Gasteiger partial charge in [0.05, 0.1) is 13.8 Å². The van der Waals surface area contributed by atoms with Crippen molar-refractivity contribution in [2.45, 2.75) is 6.92 Å². The highest BCUT2D eigenvalue weighted by molar-refractivity contribution is 5.49. The number of rotatable bonds is 5. The van der Waals surface area contributed by atoms with Gasteiger partial charge in [-0.1, -0.05) is 0 Å². The van der Waals surface area contributed by atoms with Gasteiger partial charge in [-0.2, -0.15) is 0 Å². The Balaban J connectivity index is 1.48. The quantitative estimate of drug-likeness (QED) is 0.911. The standard InChI is InChI=1S/C17H23N5O/c1-14-18-8-7-17(20-14)19-13-21-9-11-22(12-10-21)15-3-5-16(23-2)6-4-15/h3-8H,9-13H2,1-2H3,(H,18,19,20). The molecular weight excluding hydrogens is 290 g/mol. The lowest BCUT2D eigenvalue weighted by atomic mass is 10.2. The summed E-state index contributed by atoms with van der Waals surface area (Å²) in [5, 5.41) is 3.36. The van der Waals surface area contributed by atoms with Gasteiger partial charge in [-0.15, -0.1) is 0 Å². The van der Waals surface area contributed by atoms with E-state index in [0.717, 1.165) is 50.2 Å². The summed E-state index contributed by atoms with van der Waals surface area (Å²) < 4.78 is 5.21. The van der Waals surface area contributed by atoms with Gasteiger partial charge in [-0.3, -0.25) is 4.90 Å². The smallest absolute Gasteiger partial charge is 0.130 e. The first-order valence-electron chi connectivity index (χ1n) is 7.89. The lowest BCUT2D eigenvalue weighted by Crippen LogP contribution is -2.48. The summed E-state index contributed by atoms with van der Waals surface area (Å²) in [7, 11) is 1.69. The molecule has 1 aromatic heterocycles. The van der Waals surface area contributed by atoms with Gasteiger partial charge < -0.3 is 15.0 Å². The summed E-state index contributed by atoms with van der Waals surface area (Å²) >= 11 is 0. The van der Waals surface area contributed by atoms with Crippen molar-refractivity contribution in [1.29, 1.82) is 0 Å². The average molecular weight is 313 g/mol. The molecule has 122 valence electrons. The van der Waals surface area contributed by atoms with Crippen LogP contribution < -0.4 is 15.0 Å². The molecule has 1 fully saturated rings. The van der Waals surface area contributed by atoms with Crippen LogP contribution in [0.1, 0.15) is 5.82 Å². The number of nitrogens with one attached hydrogen (secondary N) is 1. The Bertz CT molecular complexity index is 623. The fourth-order valence-electron chi connectivity index (χ4n) is 2.70. The second kappa shape index (κ2) is 7.28. The van der Waals surface area contributed by atoms with E-state index >= 15 is 0 Å². The minimum absolute atomic E-state index is 0.791. The van der Waals surface area contributed by atoms with E-state index in [9.17, 15) is 0 Å². The van der Waals surface area contributed by atoms with Crippen molar-refractivity contribution in [3.8, 4) is 5.75 Å². The summed E-state index contributed by atoms with van der Waals surface area (Å²) in [4.78, 5) is 13.3. The topological polar surface area (TPSA) is 53.5 Å². The molecule has 1 aromatic carbocycles. The monoisotopic (exact) mass is 313 g/mol. The number of benzene rings is 1. The van der Waals surface area contributed by atoms with Gasteiger partial charge in [0.15, 0.2) is 0 Å². The van der Waals surface area contributed by atoms with Crippen LogP contribution in [-0.4, -0.2) is 54.8 Å². The Morgan fingerprint density at radius 1 is 1.09 bits per heavy atom. The Kier molecular flexibility index (Phi) is 4.92. The predicted molar refractivity (Wildman–Crippen MR) is 92.0 cm³/mol. The van der Waals surface area contributed by atoms with Crippen molar-refractivity contribution in [2.75, 3.05) is 50.2 Å². The molecule has 1 saturated heterocycles. The Morgan fingerprint density at radius 3 is 2.48 bits per heavy atom. The van der Waals surface area contributed by atoms with Crippen LogP contribution in [0, 0.1) is 6.92 Å². The number of hydrogen-bond acceptors (Lipinski definition) is 6. The van der Waals surface area contributed by atoms with Crippen LogP contribution in [0.3, 0.4) is 0 Å². The number of hydrogen-bond donors (Lipinski definition) is 1. The Labute approximate surface area is 137 Å². The van der Waals surface area contributed by atoms with Gasteiger partial charge in [0.1, 0.15) is 17.4 Å². The lowest BCUT2D eigenvalue weighted by Gasteiger charge is -2.36. The van der Waals surface area contributed by atoms with Crippen molar-refractivity contribution >= 4 is 11.5 Å². The minimum atomic E-state index is 0.791. The summed E-state index contributed by atoms with van der Waals surface area (Å²) in [6, 6.07) is 10.2. The van der Waals surface area contributed by atoms with Crippen molar-refractivity contribution in [2.24, 2.45) is 0 Å². The largest absolute Gasteiger partial charge is 0.497 e. The molecule has 0 aliphatic carbocycles. The molecule has 0 spiro atoms. The zero-order valence-electron chi connectivity index (χ0n) is 13.7. The molecule has 0 radical (unpaired) electrons. The van der Waals surface area contributed by atoms with Gasteiger partial charge in [0.2, 0.25) is 0 Å². The van der Waals surface area contributed by atoms with Crippen LogP contribution in [0.5, 0.6) is 5.75 Å². The zero-order valence-corrected chi connectivity index (χ0v) is 13.7. The number of nitrogens with zero attached hydrogens (tertiary/aromatic N) is 4. The van der Waals surface area contributed by atoms with E-state index in [0.29, 0.717) is 0 Å². The zero-order chi connectivity index (χ0) is 16.1. The molecule has 2 heterocycles. The maximum absolute atomic E-state index is 5.21. The van der Waals surface area contributed by atoms with E-state index in [4.69, 9.17) is 4.74 Å². The fraction of sp³-hybridized carbons (Fsp3) is 0.412. The fourth-order valence-corrected chi connectivity index (χ4v) is 2.70. The van der Waals surface area contributed by atoms with Crippen molar-refractivity contribution < 1.29 is 4.74 Å². The van der Waals surface area contributed by atoms with Crippen LogP contribution in [0.2, 0.25) is 0 Å². The highest BCUT2D eigenvalue weighted by Gasteiger charge is 2.17.